The molecule has 3 rings (SSSR count). The normalized spacial score (nSPS) is 25.0. The molecule has 0 spiro atoms. The van der Waals surface area contributed by atoms with Gasteiger partial charge in [-0.3, -0.25) is 0 Å². The van der Waals surface area contributed by atoms with E-state index in [1.807, 2.05) is 24.3 Å². The van der Waals surface area contributed by atoms with Crippen molar-refractivity contribution in [1.82, 2.24) is 0 Å². The van der Waals surface area contributed by atoms with Gasteiger partial charge in [-0.05, 0) is 48.4 Å². The SMILES string of the molecule is OC1CSC(=S)OC(=S)SCC(O)Cc2ccc(cc2)C1. The molecule has 2 unspecified atom stereocenters. The highest BCUT2D eigenvalue weighted by Crippen LogP contribution is 2.18. The lowest BCUT2D eigenvalue weighted by Crippen LogP contribution is -2.16. The van der Waals surface area contributed by atoms with E-state index in [0.29, 0.717) is 33.1 Å². The van der Waals surface area contributed by atoms with Gasteiger partial charge in [0, 0.05) is 11.5 Å². The minimum absolute atomic E-state index is 0.311. The molecule has 3 nitrogen and oxygen atoms in total. The largest absolute Gasteiger partial charge is 0.422 e. The third-order valence-corrected chi connectivity index (χ3v) is 5.53. The van der Waals surface area contributed by atoms with E-state index in [0.717, 1.165) is 11.1 Å². The number of hydrogen-bond acceptors (Lipinski definition) is 7. The van der Waals surface area contributed by atoms with E-state index in [-0.39, 0.29) is 0 Å². The summed E-state index contributed by atoms with van der Waals surface area (Å²) in [5, 5.41) is 20.0. The molecule has 2 atom stereocenters. The van der Waals surface area contributed by atoms with Gasteiger partial charge in [0.1, 0.15) is 0 Å². The van der Waals surface area contributed by atoms with Crippen LogP contribution < -0.4 is 0 Å². The van der Waals surface area contributed by atoms with Crippen LogP contribution in [0.15, 0.2) is 24.3 Å². The Morgan fingerprint density at radius 3 is 1.62 bits per heavy atom. The maximum atomic E-state index is 10.0. The first-order valence-corrected chi connectivity index (χ1v) is 9.27. The zero-order chi connectivity index (χ0) is 15.2. The zero-order valence-electron chi connectivity index (χ0n) is 11.2. The number of rotatable bonds is 0. The van der Waals surface area contributed by atoms with Crippen LogP contribution in [0.3, 0.4) is 0 Å². The van der Waals surface area contributed by atoms with Gasteiger partial charge in [0.15, 0.2) is 0 Å². The van der Waals surface area contributed by atoms with Crippen LogP contribution in [-0.2, 0) is 17.6 Å². The van der Waals surface area contributed by atoms with Crippen molar-refractivity contribution in [3.05, 3.63) is 35.4 Å². The Bertz CT molecular complexity index is 458. The number of benzene rings is 1. The summed E-state index contributed by atoms with van der Waals surface area (Å²) >= 11 is 12.7. The van der Waals surface area contributed by atoms with Crippen molar-refractivity contribution in [2.24, 2.45) is 0 Å². The van der Waals surface area contributed by atoms with E-state index in [2.05, 4.69) is 0 Å². The molecular weight excluding hydrogens is 344 g/mol. The molecule has 114 valence electrons. The van der Waals surface area contributed by atoms with Crippen LogP contribution in [0.25, 0.3) is 0 Å². The molecule has 1 aromatic rings. The van der Waals surface area contributed by atoms with Gasteiger partial charge in [0.05, 0.1) is 12.2 Å². The van der Waals surface area contributed by atoms with Crippen molar-refractivity contribution in [2.75, 3.05) is 11.5 Å². The summed E-state index contributed by atoms with van der Waals surface area (Å²) in [5.74, 6) is 0.937. The quantitative estimate of drug-likeness (QED) is 0.690. The number of hydrogen-bond donors (Lipinski definition) is 2. The average molecular weight is 361 g/mol. The molecule has 0 saturated carbocycles. The van der Waals surface area contributed by atoms with Gasteiger partial charge < -0.3 is 14.9 Å². The first-order valence-electron chi connectivity index (χ1n) is 6.48. The summed E-state index contributed by atoms with van der Waals surface area (Å²) in [6.07, 6.45) is 0.161. The van der Waals surface area contributed by atoms with E-state index < -0.39 is 12.2 Å². The number of ether oxygens (including phenoxy) is 1. The summed E-state index contributed by atoms with van der Waals surface area (Å²) in [4.78, 5) is 0. The lowest BCUT2D eigenvalue weighted by Gasteiger charge is -2.11. The van der Waals surface area contributed by atoms with Crippen LogP contribution in [0.4, 0.5) is 0 Å². The highest BCUT2D eigenvalue weighted by Gasteiger charge is 2.14. The molecule has 0 saturated heterocycles. The molecule has 0 radical (unpaired) electrons. The fourth-order valence-electron chi connectivity index (χ4n) is 1.93. The fraction of sp³-hybridized carbons (Fsp3) is 0.429. The molecule has 0 aliphatic carbocycles. The first-order chi connectivity index (χ1) is 10.0. The highest BCUT2D eigenvalue weighted by atomic mass is 32.2. The second-order valence-electron chi connectivity index (χ2n) is 4.76. The van der Waals surface area contributed by atoms with Crippen LogP contribution in [0, 0.1) is 0 Å². The Labute approximate surface area is 143 Å². The van der Waals surface area contributed by atoms with Gasteiger partial charge in [-0.1, -0.05) is 47.8 Å². The molecule has 2 N–H and O–H groups in total. The number of fused-ring (bicyclic) bond motifs is 12. The summed E-state index contributed by atoms with van der Waals surface area (Å²) in [6.45, 7) is 0. The molecule has 2 aliphatic rings. The van der Waals surface area contributed by atoms with Crippen LogP contribution >= 0.6 is 48.0 Å². The molecule has 0 fully saturated rings. The number of thioether (sulfide) groups is 2. The lowest BCUT2D eigenvalue weighted by molar-refractivity contribution is 0.199. The minimum atomic E-state index is -0.487. The van der Waals surface area contributed by atoms with Crippen LogP contribution in [0.1, 0.15) is 11.1 Å². The van der Waals surface area contributed by atoms with Crippen LogP contribution in [0.2, 0.25) is 0 Å². The van der Waals surface area contributed by atoms with E-state index in [1.165, 1.54) is 23.5 Å². The van der Waals surface area contributed by atoms with Crippen molar-refractivity contribution in [3.8, 4) is 0 Å². The van der Waals surface area contributed by atoms with Gasteiger partial charge in [0.2, 0.25) is 8.77 Å². The summed E-state index contributed by atoms with van der Waals surface area (Å²) < 4.78 is 5.94. The Morgan fingerprint density at radius 2 is 1.24 bits per heavy atom. The standard InChI is InChI=1S/C14H16O3S4/c15-11-5-9-1-2-10(4-3-9)6-12(16)8-21-14(19)17-13(18)20-7-11/h1-4,11-12,15-16H,5-8H2. The van der Waals surface area contributed by atoms with E-state index in [4.69, 9.17) is 29.2 Å². The van der Waals surface area contributed by atoms with Crippen molar-refractivity contribution < 1.29 is 14.9 Å². The van der Waals surface area contributed by atoms with Gasteiger partial charge >= 0.3 is 0 Å². The van der Waals surface area contributed by atoms with Gasteiger partial charge in [-0.25, -0.2) is 0 Å². The summed E-state index contributed by atoms with van der Waals surface area (Å²) in [5.41, 5.74) is 2.13. The monoisotopic (exact) mass is 360 g/mol. The third kappa shape index (κ3) is 6.22. The predicted molar refractivity (Wildman–Crippen MR) is 97.1 cm³/mol. The van der Waals surface area contributed by atoms with Gasteiger partial charge in [0.25, 0.3) is 0 Å². The topological polar surface area (TPSA) is 49.7 Å². The number of aliphatic hydroxyl groups excluding tert-OH is 2. The molecule has 2 aliphatic heterocycles. The second-order valence-corrected chi connectivity index (χ2v) is 8.00. The smallest absolute Gasteiger partial charge is 0.227 e. The summed E-state index contributed by atoms with van der Waals surface area (Å²) in [6, 6.07) is 7.95. The Balaban J connectivity index is 2.09. The zero-order valence-corrected chi connectivity index (χ0v) is 14.5. The lowest BCUT2D eigenvalue weighted by atomic mass is 10.0. The van der Waals surface area contributed by atoms with E-state index in [9.17, 15) is 10.2 Å². The molecule has 2 heterocycles. The fourth-order valence-corrected chi connectivity index (χ4v) is 3.89. The maximum absolute atomic E-state index is 10.0. The first kappa shape index (κ1) is 17.2. The Morgan fingerprint density at radius 1 is 0.857 bits per heavy atom. The molecular formula is C14H16O3S4. The Hall–Kier alpha value is -0.180. The third-order valence-electron chi connectivity index (χ3n) is 2.92. The second kappa shape index (κ2) is 8.45. The minimum Gasteiger partial charge on any atom is -0.422 e. The molecule has 2 bridgehead atoms. The molecule has 1 aromatic carbocycles. The number of aliphatic hydroxyl groups is 2. The van der Waals surface area contributed by atoms with E-state index >= 15 is 0 Å². The van der Waals surface area contributed by atoms with Gasteiger partial charge in [-0.15, -0.1) is 0 Å². The average Bonchev–Trinajstić information content (AvgIpc) is 2.45. The maximum Gasteiger partial charge on any atom is 0.227 e. The highest BCUT2D eigenvalue weighted by molar-refractivity contribution is 8.24. The van der Waals surface area contributed by atoms with Crippen molar-refractivity contribution in [2.45, 2.75) is 25.0 Å². The van der Waals surface area contributed by atoms with Crippen LogP contribution in [-0.4, -0.2) is 42.7 Å². The van der Waals surface area contributed by atoms with Gasteiger partial charge in [-0.2, -0.15) is 0 Å². The Kier molecular flexibility index (Phi) is 6.91. The predicted octanol–water partition coefficient (Wildman–Crippen LogP) is 2.56. The molecule has 0 aromatic heterocycles. The van der Waals surface area contributed by atoms with Crippen molar-refractivity contribution in [1.29, 1.82) is 0 Å². The van der Waals surface area contributed by atoms with Crippen LogP contribution in [0.5, 0.6) is 0 Å². The van der Waals surface area contributed by atoms with E-state index in [1.54, 1.807) is 0 Å². The van der Waals surface area contributed by atoms with Crippen molar-refractivity contribution in [3.63, 3.8) is 0 Å². The van der Waals surface area contributed by atoms with Crippen molar-refractivity contribution >= 4 is 56.7 Å². The summed E-state index contributed by atoms with van der Waals surface area (Å²) in [7, 11) is 0. The molecule has 21 heavy (non-hydrogen) atoms. The molecule has 7 heteroatoms. The number of thiocarbonyl (C=S) groups is 2. The molecule has 0 amide bonds.